The summed E-state index contributed by atoms with van der Waals surface area (Å²) in [7, 11) is 0. The first-order valence-electron chi connectivity index (χ1n) is 6.73. The summed E-state index contributed by atoms with van der Waals surface area (Å²) in [5.74, 6) is -0.203. The summed E-state index contributed by atoms with van der Waals surface area (Å²) in [5, 5.41) is 2.09. The number of halogens is 4. The van der Waals surface area contributed by atoms with Crippen LogP contribution in [0.5, 0.6) is 0 Å². The molecule has 0 radical (unpaired) electrons. The molecule has 0 aromatic heterocycles. The van der Waals surface area contributed by atoms with Gasteiger partial charge in [-0.15, -0.1) is 0 Å². The summed E-state index contributed by atoms with van der Waals surface area (Å²) in [6, 6.07) is 1.97. The molecular weight excluding hydrogens is 305 g/mol. The molecule has 1 aliphatic carbocycles. The first-order valence-corrected chi connectivity index (χ1v) is 7.11. The van der Waals surface area contributed by atoms with E-state index in [-0.39, 0.29) is 23.0 Å². The molecule has 0 atom stereocenters. The van der Waals surface area contributed by atoms with E-state index in [1.54, 1.807) is 0 Å². The van der Waals surface area contributed by atoms with E-state index in [2.05, 4.69) is 5.32 Å². The van der Waals surface area contributed by atoms with Crippen LogP contribution in [0.3, 0.4) is 0 Å². The largest absolute Gasteiger partial charge is 0.418 e. The predicted octanol–water partition coefficient (Wildman–Crippen LogP) is 4.46. The molecule has 0 saturated heterocycles. The smallest absolute Gasteiger partial charge is 0.399 e. The van der Waals surface area contributed by atoms with E-state index in [9.17, 15) is 18.0 Å². The van der Waals surface area contributed by atoms with Crippen LogP contribution in [0.4, 0.5) is 24.5 Å². The maximum Gasteiger partial charge on any atom is 0.418 e. The quantitative estimate of drug-likeness (QED) is 0.808. The van der Waals surface area contributed by atoms with Crippen LogP contribution in [0.2, 0.25) is 5.02 Å². The fraction of sp³-hybridized carbons (Fsp3) is 0.500. The molecule has 1 fully saturated rings. The van der Waals surface area contributed by atoms with Crippen molar-refractivity contribution in [1.29, 1.82) is 0 Å². The first-order chi connectivity index (χ1) is 9.77. The molecule has 3 nitrogen and oxygen atoms in total. The van der Waals surface area contributed by atoms with Crippen LogP contribution >= 0.6 is 11.6 Å². The maximum absolute atomic E-state index is 13.0. The van der Waals surface area contributed by atoms with E-state index in [0.29, 0.717) is 0 Å². The van der Waals surface area contributed by atoms with Gasteiger partial charge in [0.05, 0.1) is 16.3 Å². The van der Waals surface area contributed by atoms with Gasteiger partial charge < -0.3 is 11.1 Å². The molecule has 1 aromatic carbocycles. The minimum atomic E-state index is -4.63. The fourth-order valence-electron chi connectivity index (χ4n) is 2.65. The Kier molecular flexibility index (Phi) is 4.66. The van der Waals surface area contributed by atoms with Crippen LogP contribution in [0.1, 0.15) is 37.7 Å². The zero-order valence-electron chi connectivity index (χ0n) is 11.3. The normalized spacial score (nSPS) is 16.2. The molecule has 21 heavy (non-hydrogen) atoms. The molecule has 1 saturated carbocycles. The van der Waals surface area contributed by atoms with E-state index in [4.69, 9.17) is 17.3 Å². The predicted molar refractivity (Wildman–Crippen MR) is 76.1 cm³/mol. The number of anilines is 2. The van der Waals surface area contributed by atoms with Crippen LogP contribution in [0.25, 0.3) is 0 Å². The number of nitrogens with two attached hydrogens (primary N) is 1. The second kappa shape index (κ2) is 6.13. The van der Waals surface area contributed by atoms with Gasteiger partial charge in [-0.1, -0.05) is 24.4 Å². The van der Waals surface area contributed by atoms with Gasteiger partial charge in [0, 0.05) is 12.1 Å². The van der Waals surface area contributed by atoms with Crippen LogP contribution in [0.15, 0.2) is 12.1 Å². The summed E-state index contributed by atoms with van der Waals surface area (Å²) >= 11 is 5.81. The Morgan fingerprint density at radius 3 is 2.52 bits per heavy atom. The molecule has 2 rings (SSSR count). The fourth-order valence-corrected chi connectivity index (χ4v) is 2.92. The van der Waals surface area contributed by atoms with Crippen molar-refractivity contribution in [2.24, 2.45) is 5.92 Å². The average molecular weight is 321 g/mol. The number of carbonyl (C=O) groups is 1. The molecule has 0 aliphatic heterocycles. The maximum atomic E-state index is 13.0. The molecule has 0 heterocycles. The third-order valence-electron chi connectivity index (χ3n) is 3.63. The minimum absolute atomic E-state index is 0.0962. The number of benzene rings is 1. The second-order valence-corrected chi connectivity index (χ2v) is 5.73. The van der Waals surface area contributed by atoms with Gasteiger partial charge in [0.1, 0.15) is 0 Å². The molecule has 0 bridgehead atoms. The van der Waals surface area contributed by atoms with Crippen molar-refractivity contribution in [2.75, 3.05) is 11.1 Å². The number of hydrogen-bond donors (Lipinski definition) is 2. The van der Waals surface area contributed by atoms with Crippen molar-refractivity contribution in [3.8, 4) is 0 Å². The number of carbonyl (C=O) groups excluding carboxylic acids is 1. The van der Waals surface area contributed by atoms with Crippen LogP contribution in [-0.4, -0.2) is 5.91 Å². The van der Waals surface area contributed by atoms with Gasteiger partial charge in [-0.3, -0.25) is 4.79 Å². The van der Waals surface area contributed by atoms with Crippen LogP contribution in [0, 0.1) is 5.92 Å². The second-order valence-electron chi connectivity index (χ2n) is 5.33. The Bertz CT molecular complexity index is 540. The molecule has 1 amide bonds. The monoisotopic (exact) mass is 320 g/mol. The number of amides is 1. The van der Waals surface area contributed by atoms with Gasteiger partial charge in [-0.2, -0.15) is 13.2 Å². The van der Waals surface area contributed by atoms with Gasteiger partial charge in [0.2, 0.25) is 5.91 Å². The lowest BCUT2D eigenvalue weighted by molar-refractivity contribution is -0.136. The zero-order chi connectivity index (χ0) is 15.6. The highest BCUT2D eigenvalue weighted by Gasteiger charge is 2.35. The van der Waals surface area contributed by atoms with E-state index in [1.807, 2.05) is 0 Å². The molecule has 116 valence electrons. The van der Waals surface area contributed by atoms with Crippen molar-refractivity contribution in [1.82, 2.24) is 0 Å². The minimum Gasteiger partial charge on any atom is -0.399 e. The summed E-state index contributed by atoms with van der Waals surface area (Å²) in [6.45, 7) is 0. The number of rotatable bonds is 3. The SMILES string of the molecule is Nc1cc(Cl)c(NC(=O)CC2CCCC2)c(C(F)(F)F)c1. The van der Waals surface area contributed by atoms with Gasteiger partial charge in [-0.25, -0.2) is 0 Å². The van der Waals surface area contributed by atoms with Crippen molar-refractivity contribution in [3.63, 3.8) is 0 Å². The molecule has 0 spiro atoms. The first kappa shape index (κ1) is 15.9. The van der Waals surface area contributed by atoms with Gasteiger partial charge in [0.15, 0.2) is 0 Å². The molecule has 3 N–H and O–H groups in total. The van der Waals surface area contributed by atoms with Crippen molar-refractivity contribution >= 4 is 28.9 Å². The Balaban J connectivity index is 2.20. The number of hydrogen-bond acceptors (Lipinski definition) is 2. The molecule has 1 aromatic rings. The third kappa shape index (κ3) is 4.03. The summed E-state index contributed by atoms with van der Waals surface area (Å²) in [4.78, 5) is 11.9. The summed E-state index contributed by atoms with van der Waals surface area (Å²) in [6.07, 6.45) is -0.403. The van der Waals surface area contributed by atoms with E-state index < -0.39 is 23.3 Å². The van der Waals surface area contributed by atoms with Crippen LogP contribution in [-0.2, 0) is 11.0 Å². The Morgan fingerprint density at radius 2 is 1.95 bits per heavy atom. The van der Waals surface area contributed by atoms with Crippen molar-refractivity contribution in [2.45, 2.75) is 38.3 Å². The van der Waals surface area contributed by atoms with E-state index in [1.165, 1.54) is 6.07 Å². The lowest BCUT2D eigenvalue weighted by Gasteiger charge is -2.17. The van der Waals surface area contributed by atoms with Crippen LogP contribution < -0.4 is 11.1 Å². The average Bonchev–Trinajstić information content (AvgIpc) is 2.83. The summed E-state index contributed by atoms with van der Waals surface area (Å²) in [5.41, 5.74) is 3.86. The highest BCUT2D eigenvalue weighted by atomic mass is 35.5. The van der Waals surface area contributed by atoms with E-state index in [0.717, 1.165) is 31.7 Å². The van der Waals surface area contributed by atoms with Crippen molar-refractivity contribution < 1.29 is 18.0 Å². The topological polar surface area (TPSA) is 55.1 Å². The molecular formula is C14H16ClF3N2O. The number of alkyl halides is 3. The Labute approximate surface area is 125 Å². The van der Waals surface area contributed by atoms with Gasteiger partial charge in [0.25, 0.3) is 0 Å². The lowest BCUT2D eigenvalue weighted by Crippen LogP contribution is -2.19. The molecule has 1 aliphatic rings. The van der Waals surface area contributed by atoms with Gasteiger partial charge in [-0.05, 0) is 30.9 Å². The Morgan fingerprint density at radius 1 is 1.33 bits per heavy atom. The molecule has 7 heteroatoms. The van der Waals surface area contributed by atoms with Crippen molar-refractivity contribution in [3.05, 3.63) is 22.7 Å². The standard InChI is InChI=1S/C14H16ClF3N2O/c15-11-7-9(19)6-10(14(16,17)18)13(11)20-12(21)5-8-3-1-2-4-8/h6-8H,1-5,19H2,(H,20,21). The zero-order valence-corrected chi connectivity index (χ0v) is 12.0. The van der Waals surface area contributed by atoms with Gasteiger partial charge >= 0.3 is 6.18 Å². The van der Waals surface area contributed by atoms with E-state index >= 15 is 0 Å². The Hall–Kier alpha value is -1.43. The third-order valence-corrected chi connectivity index (χ3v) is 3.93. The lowest BCUT2D eigenvalue weighted by atomic mass is 10.0. The number of nitrogen functional groups attached to an aromatic ring is 1. The highest BCUT2D eigenvalue weighted by Crippen LogP contribution is 2.40. The summed E-state index contributed by atoms with van der Waals surface area (Å²) < 4.78 is 39.0. The molecule has 0 unspecified atom stereocenters. The number of nitrogens with one attached hydrogen (secondary N) is 1. The highest BCUT2D eigenvalue weighted by molar-refractivity contribution is 6.34.